The molecule has 0 aliphatic rings. The van der Waals surface area contributed by atoms with Crippen LogP contribution in [0.2, 0.25) is 0 Å². The van der Waals surface area contributed by atoms with E-state index in [1.807, 2.05) is 0 Å². The van der Waals surface area contributed by atoms with Gasteiger partial charge in [-0.15, -0.1) is 0 Å². The van der Waals surface area contributed by atoms with Gasteiger partial charge in [0.15, 0.2) is 6.10 Å². The molecule has 49 heavy (non-hydrogen) atoms. The number of rotatable bonds is 37. The van der Waals surface area contributed by atoms with Gasteiger partial charge in [0.25, 0.3) is 0 Å². The van der Waals surface area contributed by atoms with Crippen LogP contribution in [0.4, 0.5) is 0 Å². The summed E-state index contributed by atoms with van der Waals surface area (Å²) in [6.45, 7) is 3.68. The topological polar surface area (TPSA) is 134 Å². The molecule has 9 nitrogen and oxygen atoms in total. The number of phosphoric ester groups is 1. The second-order valence-electron chi connectivity index (χ2n) is 13.1. The predicted molar refractivity (Wildman–Crippen MR) is 201 cm³/mol. The Morgan fingerprint density at radius 1 is 0.592 bits per heavy atom. The van der Waals surface area contributed by atoms with Crippen molar-refractivity contribution < 1.29 is 37.6 Å². The monoisotopic (exact) mass is 716 g/mol. The summed E-state index contributed by atoms with van der Waals surface area (Å²) in [7, 11) is -4.37. The van der Waals surface area contributed by atoms with E-state index in [1.54, 1.807) is 0 Å². The molecular formula is C39H74NO8P. The lowest BCUT2D eigenvalue weighted by molar-refractivity contribution is -0.161. The molecule has 0 rings (SSSR count). The van der Waals surface area contributed by atoms with Gasteiger partial charge in [-0.3, -0.25) is 18.6 Å². The van der Waals surface area contributed by atoms with Crippen LogP contribution in [0.3, 0.4) is 0 Å². The molecule has 0 fully saturated rings. The average molecular weight is 716 g/mol. The van der Waals surface area contributed by atoms with Gasteiger partial charge in [0.2, 0.25) is 0 Å². The van der Waals surface area contributed by atoms with Gasteiger partial charge in [0.1, 0.15) is 6.61 Å². The van der Waals surface area contributed by atoms with Crippen LogP contribution in [0.1, 0.15) is 181 Å². The lowest BCUT2D eigenvalue weighted by Crippen LogP contribution is -2.29. The summed E-state index contributed by atoms with van der Waals surface area (Å²) in [6.07, 6.45) is 36.3. The van der Waals surface area contributed by atoms with E-state index in [-0.39, 0.29) is 38.6 Å². The Morgan fingerprint density at radius 3 is 1.45 bits per heavy atom. The lowest BCUT2D eigenvalue weighted by atomic mass is 10.1. The molecule has 0 heterocycles. The highest BCUT2D eigenvalue weighted by Gasteiger charge is 2.25. The van der Waals surface area contributed by atoms with E-state index < -0.39 is 26.5 Å². The normalized spacial score (nSPS) is 13.6. The van der Waals surface area contributed by atoms with E-state index >= 15 is 0 Å². The Kier molecular flexibility index (Phi) is 35.2. The maximum Gasteiger partial charge on any atom is 0.472 e. The molecule has 0 radical (unpaired) electrons. The zero-order valence-electron chi connectivity index (χ0n) is 31.4. The van der Waals surface area contributed by atoms with Crippen molar-refractivity contribution in [3.63, 3.8) is 0 Å². The van der Waals surface area contributed by atoms with Gasteiger partial charge in [-0.25, -0.2) is 4.57 Å². The molecule has 10 heteroatoms. The minimum Gasteiger partial charge on any atom is -0.462 e. The zero-order chi connectivity index (χ0) is 36.1. The molecule has 3 N–H and O–H groups in total. The molecule has 1 unspecified atom stereocenters. The first-order valence-corrected chi connectivity index (χ1v) is 21.3. The smallest absolute Gasteiger partial charge is 0.462 e. The average Bonchev–Trinajstić information content (AvgIpc) is 3.08. The van der Waals surface area contributed by atoms with Crippen LogP contribution in [0.5, 0.6) is 0 Å². The van der Waals surface area contributed by atoms with Crippen LogP contribution in [0.25, 0.3) is 0 Å². The van der Waals surface area contributed by atoms with Crippen molar-refractivity contribution in [3.8, 4) is 0 Å². The fraction of sp³-hybridized carbons (Fsp3) is 0.846. The van der Waals surface area contributed by atoms with Crippen molar-refractivity contribution in [2.24, 2.45) is 5.73 Å². The molecule has 0 aliphatic heterocycles. The minimum atomic E-state index is -4.37. The molecular weight excluding hydrogens is 641 g/mol. The fourth-order valence-electron chi connectivity index (χ4n) is 5.33. The van der Waals surface area contributed by atoms with Gasteiger partial charge in [-0.05, 0) is 64.2 Å². The van der Waals surface area contributed by atoms with Crippen LogP contribution in [0.15, 0.2) is 24.3 Å². The molecule has 0 aromatic carbocycles. The number of carbonyl (C=O) groups is 2. The van der Waals surface area contributed by atoms with E-state index in [0.29, 0.717) is 6.42 Å². The first-order valence-electron chi connectivity index (χ1n) is 19.8. The Labute approximate surface area is 300 Å². The summed E-state index contributed by atoms with van der Waals surface area (Å²) >= 11 is 0. The summed E-state index contributed by atoms with van der Waals surface area (Å²) in [5.74, 6) is -0.842. The maximum absolute atomic E-state index is 12.5. The van der Waals surface area contributed by atoms with Crippen molar-refractivity contribution >= 4 is 19.8 Å². The molecule has 0 bridgehead atoms. The highest BCUT2D eigenvalue weighted by atomic mass is 31.2. The predicted octanol–water partition coefficient (Wildman–Crippen LogP) is 10.8. The van der Waals surface area contributed by atoms with E-state index in [2.05, 4.69) is 38.2 Å². The van der Waals surface area contributed by atoms with Crippen LogP contribution < -0.4 is 5.73 Å². The van der Waals surface area contributed by atoms with Crippen LogP contribution in [0, 0.1) is 0 Å². The molecule has 0 amide bonds. The van der Waals surface area contributed by atoms with E-state index in [9.17, 15) is 19.0 Å². The van der Waals surface area contributed by atoms with E-state index in [0.717, 1.165) is 64.2 Å². The number of allylic oxidation sites excluding steroid dienone is 4. The molecule has 0 saturated heterocycles. The number of carbonyl (C=O) groups excluding carboxylic acids is 2. The summed E-state index contributed by atoms with van der Waals surface area (Å²) in [4.78, 5) is 34.7. The molecule has 0 aromatic heterocycles. The third-order valence-corrected chi connectivity index (χ3v) is 9.29. The Bertz CT molecular complexity index is 866. The van der Waals surface area contributed by atoms with Crippen LogP contribution in [-0.4, -0.2) is 49.3 Å². The molecule has 0 spiro atoms. The second-order valence-corrected chi connectivity index (χ2v) is 14.6. The van der Waals surface area contributed by atoms with Gasteiger partial charge in [0.05, 0.1) is 13.2 Å². The third-order valence-electron chi connectivity index (χ3n) is 8.31. The second kappa shape index (κ2) is 36.3. The van der Waals surface area contributed by atoms with Crippen LogP contribution >= 0.6 is 7.82 Å². The maximum atomic E-state index is 12.5. The molecule has 0 saturated carbocycles. The van der Waals surface area contributed by atoms with Gasteiger partial charge < -0.3 is 20.1 Å². The molecule has 288 valence electrons. The van der Waals surface area contributed by atoms with Gasteiger partial charge in [0, 0.05) is 19.4 Å². The summed E-state index contributed by atoms with van der Waals surface area (Å²) < 4.78 is 32.7. The standard InChI is InChI=1S/C39H74NO8P/c1-3-5-7-9-11-13-15-17-18-20-21-23-25-27-29-31-38(41)45-35-37(36-47-49(43,44)46-34-33-40)48-39(42)32-30-28-26-24-22-19-16-14-12-10-8-6-4-2/h13-16,37H,3-12,17-36,40H2,1-2H3,(H,43,44)/b15-13+,16-14+/t37-/m1/s1. The SMILES string of the molecule is CCCCCC/C=C/CCCCCCCCCC(=O)OC[C@H](COP(=O)(O)OCCN)OC(=O)CCCCCCC/C=C/CCCCCC. The largest absolute Gasteiger partial charge is 0.472 e. The van der Waals surface area contributed by atoms with E-state index in [1.165, 1.54) is 83.5 Å². The minimum absolute atomic E-state index is 0.0523. The van der Waals surface area contributed by atoms with Crippen molar-refractivity contribution in [1.82, 2.24) is 0 Å². The van der Waals surface area contributed by atoms with Crippen molar-refractivity contribution in [2.45, 2.75) is 187 Å². The number of hydrogen-bond acceptors (Lipinski definition) is 8. The van der Waals surface area contributed by atoms with E-state index in [4.69, 9.17) is 24.3 Å². The number of unbranched alkanes of at least 4 members (excludes halogenated alkanes) is 20. The molecule has 0 aromatic rings. The first kappa shape index (κ1) is 47.5. The summed E-state index contributed by atoms with van der Waals surface area (Å²) in [6, 6.07) is 0. The Balaban J connectivity index is 4.21. The summed E-state index contributed by atoms with van der Waals surface area (Å²) in [5, 5.41) is 0. The Morgan fingerprint density at radius 2 is 1.00 bits per heavy atom. The lowest BCUT2D eigenvalue weighted by Gasteiger charge is -2.19. The number of hydrogen-bond donors (Lipinski definition) is 2. The molecule has 0 aliphatic carbocycles. The fourth-order valence-corrected chi connectivity index (χ4v) is 6.09. The van der Waals surface area contributed by atoms with Crippen molar-refractivity contribution in [1.29, 1.82) is 0 Å². The highest BCUT2D eigenvalue weighted by molar-refractivity contribution is 7.47. The number of esters is 2. The highest BCUT2D eigenvalue weighted by Crippen LogP contribution is 2.43. The van der Waals surface area contributed by atoms with Crippen molar-refractivity contribution in [2.75, 3.05) is 26.4 Å². The molecule has 2 atom stereocenters. The third kappa shape index (κ3) is 36.1. The number of nitrogens with two attached hydrogens (primary N) is 1. The quantitative estimate of drug-likeness (QED) is 0.0279. The van der Waals surface area contributed by atoms with Gasteiger partial charge in [-0.2, -0.15) is 0 Å². The number of ether oxygens (including phenoxy) is 2. The van der Waals surface area contributed by atoms with Gasteiger partial charge in [-0.1, -0.05) is 128 Å². The first-order chi connectivity index (χ1) is 23.8. The summed E-state index contributed by atoms with van der Waals surface area (Å²) in [5.41, 5.74) is 5.33. The van der Waals surface area contributed by atoms with Crippen molar-refractivity contribution in [3.05, 3.63) is 24.3 Å². The zero-order valence-corrected chi connectivity index (χ0v) is 32.3. The van der Waals surface area contributed by atoms with Gasteiger partial charge >= 0.3 is 19.8 Å². The van der Waals surface area contributed by atoms with Crippen LogP contribution in [-0.2, 0) is 32.7 Å². The Hall–Kier alpha value is -1.51. The number of phosphoric acid groups is 1.